The second kappa shape index (κ2) is 4.31. The highest BCUT2D eigenvalue weighted by Gasteiger charge is 2.05. The summed E-state index contributed by atoms with van der Waals surface area (Å²) in [5.74, 6) is -0.303. The van der Waals surface area contributed by atoms with Crippen LogP contribution < -0.4 is 0 Å². The van der Waals surface area contributed by atoms with Crippen molar-refractivity contribution in [2.24, 2.45) is 0 Å². The van der Waals surface area contributed by atoms with E-state index in [-0.39, 0.29) is 5.83 Å². The van der Waals surface area contributed by atoms with Crippen LogP contribution >= 0.6 is 11.3 Å². The molecule has 0 atom stereocenters. The van der Waals surface area contributed by atoms with Gasteiger partial charge in [-0.25, -0.2) is 14.4 Å². The smallest absolute Gasteiger partial charge is 0.136 e. The molecule has 2 nitrogen and oxygen atoms in total. The molecule has 1 radical (unpaired) electrons. The molecule has 0 unspecified atom stereocenters. The van der Waals surface area contributed by atoms with E-state index in [9.17, 15) is 4.39 Å². The second-order valence-electron chi connectivity index (χ2n) is 2.88. The molecule has 4 heteroatoms. The molecule has 0 fully saturated rings. The maximum atomic E-state index is 13.2. The van der Waals surface area contributed by atoms with Crippen LogP contribution in [0.2, 0.25) is 0 Å². The fraction of sp³-hybridized carbons (Fsp3) is 0. The van der Waals surface area contributed by atoms with Crippen molar-refractivity contribution in [3.63, 3.8) is 0 Å². The SMILES string of the molecule is [CH2]/C=C(\F)c1cc(-c2cncnc2)cs1. The van der Waals surface area contributed by atoms with E-state index in [4.69, 9.17) is 0 Å². The van der Waals surface area contributed by atoms with E-state index < -0.39 is 0 Å². The quantitative estimate of drug-likeness (QED) is 0.774. The van der Waals surface area contributed by atoms with Gasteiger partial charge in [0.15, 0.2) is 0 Å². The van der Waals surface area contributed by atoms with Gasteiger partial charge in [0.1, 0.15) is 12.2 Å². The predicted octanol–water partition coefficient (Wildman–Crippen LogP) is 3.35. The van der Waals surface area contributed by atoms with Crippen LogP contribution in [0.25, 0.3) is 17.0 Å². The summed E-state index contributed by atoms with van der Waals surface area (Å²) in [6.45, 7) is 3.39. The van der Waals surface area contributed by atoms with Crippen molar-refractivity contribution in [2.45, 2.75) is 0 Å². The zero-order chi connectivity index (χ0) is 10.7. The fourth-order valence-corrected chi connectivity index (χ4v) is 2.01. The van der Waals surface area contributed by atoms with E-state index in [0.29, 0.717) is 4.88 Å². The van der Waals surface area contributed by atoms with Crippen molar-refractivity contribution < 1.29 is 4.39 Å². The van der Waals surface area contributed by atoms with Crippen LogP contribution in [0.4, 0.5) is 4.39 Å². The van der Waals surface area contributed by atoms with Gasteiger partial charge in [0.2, 0.25) is 0 Å². The summed E-state index contributed by atoms with van der Waals surface area (Å²) < 4.78 is 13.2. The Morgan fingerprint density at radius 1 is 1.33 bits per heavy atom. The molecule has 0 aromatic carbocycles. The Hall–Kier alpha value is -1.55. The van der Waals surface area contributed by atoms with Crippen LogP contribution in [0, 0.1) is 6.92 Å². The summed E-state index contributed by atoms with van der Waals surface area (Å²) in [7, 11) is 0. The van der Waals surface area contributed by atoms with Gasteiger partial charge in [-0.2, -0.15) is 0 Å². The first kappa shape index (κ1) is 9.98. The molecule has 2 aromatic heterocycles. The first-order chi connectivity index (χ1) is 7.31. The molecule has 2 aromatic rings. The lowest BCUT2D eigenvalue weighted by Crippen LogP contribution is -1.78. The third kappa shape index (κ3) is 2.10. The van der Waals surface area contributed by atoms with Crippen molar-refractivity contribution in [3.05, 3.63) is 48.0 Å². The zero-order valence-electron chi connectivity index (χ0n) is 7.85. The number of halogens is 1. The molecule has 2 rings (SSSR count). The molecule has 0 saturated heterocycles. The van der Waals surface area contributed by atoms with Crippen LogP contribution in [0.15, 0.2) is 36.2 Å². The van der Waals surface area contributed by atoms with Crippen molar-refractivity contribution in [2.75, 3.05) is 0 Å². The van der Waals surface area contributed by atoms with Crippen LogP contribution in [0.1, 0.15) is 4.88 Å². The monoisotopic (exact) mass is 219 g/mol. The summed E-state index contributed by atoms with van der Waals surface area (Å²) >= 11 is 1.34. The Morgan fingerprint density at radius 3 is 2.73 bits per heavy atom. The topological polar surface area (TPSA) is 25.8 Å². The Bertz CT molecular complexity index is 476. The Labute approximate surface area is 91.1 Å². The van der Waals surface area contributed by atoms with Crippen molar-refractivity contribution >= 4 is 17.2 Å². The largest absolute Gasteiger partial charge is 0.244 e. The molecule has 2 heterocycles. The van der Waals surface area contributed by atoms with Gasteiger partial charge in [0, 0.05) is 18.0 Å². The number of allylic oxidation sites excluding steroid dienone is 1. The summed E-state index contributed by atoms with van der Waals surface area (Å²) in [4.78, 5) is 8.39. The summed E-state index contributed by atoms with van der Waals surface area (Å²) in [5.41, 5.74) is 1.81. The summed E-state index contributed by atoms with van der Waals surface area (Å²) in [6, 6.07) is 1.76. The van der Waals surface area contributed by atoms with Gasteiger partial charge in [-0.3, -0.25) is 0 Å². The van der Waals surface area contributed by atoms with Crippen LogP contribution in [0.3, 0.4) is 0 Å². The molecule has 0 N–H and O–H groups in total. The summed E-state index contributed by atoms with van der Waals surface area (Å²) in [5, 5.41) is 1.87. The lowest BCUT2D eigenvalue weighted by atomic mass is 10.2. The highest BCUT2D eigenvalue weighted by atomic mass is 32.1. The van der Waals surface area contributed by atoms with E-state index in [2.05, 4.69) is 16.9 Å². The molecule has 0 aliphatic heterocycles. The first-order valence-corrected chi connectivity index (χ1v) is 5.18. The number of nitrogens with zero attached hydrogens (tertiary/aromatic N) is 2. The number of hydrogen-bond donors (Lipinski definition) is 0. The molecule has 15 heavy (non-hydrogen) atoms. The molecule has 0 spiro atoms. The van der Waals surface area contributed by atoms with E-state index >= 15 is 0 Å². The van der Waals surface area contributed by atoms with E-state index in [1.807, 2.05) is 5.38 Å². The number of rotatable bonds is 2. The first-order valence-electron chi connectivity index (χ1n) is 4.30. The molecule has 0 saturated carbocycles. The van der Waals surface area contributed by atoms with Crippen molar-refractivity contribution in [1.82, 2.24) is 9.97 Å². The lowest BCUT2D eigenvalue weighted by molar-refractivity contribution is 0.764. The highest BCUT2D eigenvalue weighted by Crippen LogP contribution is 2.29. The minimum Gasteiger partial charge on any atom is -0.244 e. The molecule has 0 amide bonds. The normalized spacial score (nSPS) is 11.7. The number of thiophene rings is 1. The van der Waals surface area contributed by atoms with Crippen LogP contribution in [-0.2, 0) is 0 Å². The Morgan fingerprint density at radius 2 is 2.07 bits per heavy atom. The zero-order valence-corrected chi connectivity index (χ0v) is 8.67. The second-order valence-corrected chi connectivity index (χ2v) is 3.79. The predicted molar refractivity (Wildman–Crippen MR) is 59.8 cm³/mol. The fourth-order valence-electron chi connectivity index (χ4n) is 1.16. The van der Waals surface area contributed by atoms with E-state index in [1.54, 1.807) is 18.5 Å². The Kier molecular flexibility index (Phi) is 2.87. The summed E-state index contributed by atoms with van der Waals surface area (Å²) in [6.07, 6.45) is 6.07. The minimum atomic E-state index is -0.303. The maximum Gasteiger partial charge on any atom is 0.136 e. The van der Waals surface area contributed by atoms with Gasteiger partial charge in [-0.15, -0.1) is 11.3 Å². The standard InChI is InChI=1S/C11H8FN2S/c1-2-10(12)11-3-8(6-15-11)9-4-13-7-14-5-9/h2-7H,1H2/b10-2-. The van der Waals surface area contributed by atoms with Crippen molar-refractivity contribution in [3.8, 4) is 11.1 Å². The van der Waals surface area contributed by atoms with E-state index in [0.717, 1.165) is 11.1 Å². The molecule has 75 valence electrons. The van der Waals surface area contributed by atoms with Gasteiger partial charge in [0.25, 0.3) is 0 Å². The average molecular weight is 219 g/mol. The third-order valence-electron chi connectivity index (χ3n) is 1.91. The van der Waals surface area contributed by atoms with Gasteiger partial charge < -0.3 is 0 Å². The third-order valence-corrected chi connectivity index (χ3v) is 2.85. The highest BCUT2D eigenvalue weighted by molar-refractivity contribution is 7.11. The lowest BCUT2D eigenvalue weighted by Gasteiger charge is -1.93. The molecule has 0 aliphatic rings. The average Bonchev–Trinajstić information content (AvgIpc) is 2.78. The van der Waals surface area contributed by atoms with Gasteiger partial charge in [-0.1, -0.05) is 0 Å². The van der Waals surface area contributed by atoms with Gasteiger partial charge in [0.05, 0.1) is 4.88 Å². The molecular formula is C11H8FN2S. The Balaban J connectivity index is 2.36. The maximum absolute atomic E-state index is 13.2. The van der Waals surface area contributed by atoms with Gasteiger partial charge in [-0.05, 0) is 30.0 Å². The molecule has 0 bridgehead atoms. The minimum absolute atomic E-state index is 0.303. The molecular weight excluding hydrogens is 211 g/mol. The number of aromatic nitrogens is 2. The number of hydrogen-bond acceptors (Lipinski definition) is 3. The molecule has 0 aliphatic carbocycles. The van der Waals surface area contributed by atoms with E-state index in [1.165, 1.54) is 23.7 Å². The van der Waals surface area contributed by atoms with Crippen LogP contribution in [-0.4, -0.2) is 9.97 Å². The van der Waals surface area contributed by atoms with Gasteiger partial charge >= 0.3 is 0 Å². The van der Waals surface area contributed by atoms with Crippen molar-refractivity contribution in [1.29, 1.82) is 0 Å². The van der Waals surface area contributed by atoms with Crippen LogP contribution in [0.5, 0.6) is 0 Å².